The van der Waals surface area contributed by atoms with E-state index in [0.29, 0.717) is 29.2 Å². The van der Waals surface area contributed by atoms with Crippen molar-refractivity contribution < 1.29 is 18.7 Å². The summed E-state index contributed by atoms with van der Waals surface area (Å²) in [5, 5.41) is 3.07. The zero-order valence-corrected chi connectivity index (χ0v) is 22.5. The van der Waals surface area contributed by atoms with Crippen LogP contribution in [-0.2, 0) is 11.3 Å². The monoisotopic (exact) mass is 539 g/mol. The van der Waals surface area contributed by atoms with Crippen molar-refractivity contribution >= 4 is 23.6 Å². The van der Waals surface area contributed by atoms with Crippen molar-refractivity contribution in [2.24, 2.45) is 11.8 Å². The van der Waals surface area contributed by atoms with Crippen molar-refractivity contribution in [3.63, 3.8) is 0 Å². The predicted molar refractivity (Wildman–Crippen MR) is 153 cm³/mol. The lowest BCUT2D eigenvalue weighted by atomic mass is 9.75. The lowest BCUT2D eigenvalue weighted by molar-refractivity contribution is -0.117. The van der Waals surface area contributed by atoms with Gasteiger partial charge >= 0.3 is 0 Å². The van der Waals surface area contributed by atoms with Gasteiger partial charge in [0.1, 0.15) is 5.82 Å². The minimum Gasteiger partial charge on any atom is -0.449 e. The third kappa shape index (κ3) is 5.65. The quantitative estimate of drug-likeness (QED) is 0.391. The Kier molecular flexibility index (Phi) is 7.64. The molecule has 40 heavy (non-hydrogen) atoms. The maximum atomic E-state index is 14.4. The van der Waals surface area contributed by atoms with Crippen LogP contribution in [0.3, 0.4) is 0 Å². The summed E-state index contributed by atoms with van der Waals surface area (Å²) >= 11 is 0. The first kappa shape index (κ1) is 26.3. The van der Waals surface area contributed by atoms with Gasteiger partial charge in [0.15, 0.2) is 11.5 Å². The molecule has 1 N–H and O–H groups in total. The van der Waals surface area contributed by atoms with Crippen LogP contribution in [0.5, 0.6) is 5.75 Å². The molecule has 2 amide bonds. The molecule has 206 valence electrons. The van der Waals surface area contributed by atoms with Gasteiger partial charge in [0, 0.05) is 24.2 Å². The second-order valence-corrected chi connectivity index (χ2v) is 11.0. The highest BCUT2D eigenvalue weighted by Crippen LogP contribution is 2.37. The molecule has 3 aliphatic rings. The summed E-state index contributed by atoms with van der Waals surface area (Å²) in [6.07, 6.45) is 8.25. The van der Waals surface area contributed by atoms with Gasteiger partial charge in [-0.15, -0.1) is 0 Å². The van der Waals surface area contributed by atoms with E-state index in [1.165, 1.54) is 43.1 Å². The van der Waals surface area contributed by atoms with Gasteiger partial charge in [-0.3, -0.25) is 19.4 Å². The van der Waals surface area contributed by atoms with Crippen molar-refractivity contribution in [3.05, 3.63) is 101 Å². The molecule has 6 rings (SSSR count). The van der Waals surface area contributed by atoms with E-state index in [4.69, 9.17) is 4.74 Å². The number of carbonyl (C=O) groups excluding carboxylic acids is 2. The van der Waals surface area contributed by atoms with E-state index in [1.807, 2.05) is 12.1 Å². The highest BCUT2D eigenvalue weighted by atomic mass is 19.1. The first-order valence-corrected chi connectivity index (χ1v) is 14.2. The van der Waals surface area contributed by atoms with E-state index in [2.05, 4.69) is 10.2 Å². The van der Waals surface area contributed by atoms with E-state index in [-0.39, 0.29) is 29.9 Å². The molecule has 3 aromatic carbocycles. The Labute approximate surface area is 234 Å². The average molecular weight is 540 g/mol. The van der Waals surface area contributed by atoms with Crippen molar-refractivity contribution in [1.82, 2.24) is 10.2 Å². The molecule has 2 heterocycles. The van der Waals surface area contributed by atoms with Gasteiger partial charge in [0.25, 0.3) is 11.8 Å². The number of anilines is 1. The molecule has 0 spiro atoms. The smallest absolute Gasteiger partial charge is 0.294 e. The fourth-order valence-corrected chi connectivity index (χ4v) is 6.20. The van der Waals surface area contributed by atoms with Crippen molar-refractivity contribution in [2.75, 3.05) is 24.7 Å². The molecule has 1 aliphatic carbocycles. The number of hydrogen-bond acceptors (Lipinski definition) is 4. The second kappa shape index (κ2) is 11.6. The van der Waals surface area contributed by atoms with Crippen LogP contribution in [-0.4, -0.2) is 36.5 Å². The Bertz CT molecular complexity index is 1420. The molecule has 6 nitrogen and oxygen atoms in total. The highest BCUT2D eigenvalue weighted by molar-refractivity contribution is 6.09. The number of hydrogen-bond donors (Lipinski definition) is 1. The lowest BCUT2D eigenvalue weighted by Gasteiger charge is -2.41. The first-order valence-electron chi connectivity index (χ1n) is 14.2. The van der Waals surface area contributed by atoms with Gasteiger partial charge in [-0.2, -0.15) is 0 Å². The molecule has 0 aromatic heterocycles. The number of piperidine rings is 1. The summed E-state index contributed by atoms with van der Waals surface area (Å²) in [7, 11) is 0. The molecule has 2 aliphatic heterocycles. The number of nitrogens with zero attached hydrogens (tertiary/aromatic N) is 2. The number of rotatable bonds is 6. The molecule has 2 unspecified atom stereocenters. The molecule has 7 heteroatoms. The third-order valence-electron chi connectivity index (χ3n) is 8.43. The molecular weight excluding hydrogens is 505 g/mol. The Hall–Kier alpha value is -3.97. The number of benzene rings is 3. The summed E-state index contributed by atoms with van der Waals surface area (Å²) in [6, 6.07) is 20.8. The molecule has 0 radical (unpaired) electrons. The van der Waals surface area contributed by atoms with Gasteiger partial charge in [0.2, 0.25) is 0 Å². The largest absolute Gasteiger partial charge is 0.449 e. The lowest BCUT2D eigenvalue weighted by Crippen LogP contribution is -2.46. The minimum absolute atomic E-state index is 0.0841. The van der Waals surface area contributed by atoms with Crippen LogP contribution in [0.1, 0.15) is 53.6 Å². The second-order valence-electron chi connectivity index (χ2n) is 11.0. The number of carbonyl (C=O) groups is 2. The van der Waals surface area contributed by atoms with E-state index >= 15 is 0 Å². The standard InChI is InChI=1S/C33H34FN3O3/c34-28-10-4-3-9-27(28)21-37-29-11-5-6-12-30(29)40-31(33(37)39)19-23-13-15-25(16-14-23)32(38)35-22-36-18-17-24-7-1-2-8-26(24)20-36/h3-6,9-16,19,24,26H,1-2,7-8,17-18,20-22H2,(H,35,38)/b31-19-. The fourth-order valence-electron chi connectivity index (χ4n) is 6.20. The Balaban J connectivity index is 1.12. The summed E-state index contributed by atoms with van der Waals surface area (Å²) < 4.78 is 20.4. The van der Waals surface area contributed by atoms with Crippen LogP contribution >= 0.6 is 0 Å². The van der Waals surface area contributed by atoms with Crippen molar-refractivity contribution in [2.45, 2.75) is 38.6 Å². The minimum atomic E-state index is -0.364. The van der Waals surface area contributed by atoms with Gasteiger partial charge in [-0.25, -0.2) is 4.39 Å². The number of likely N-dealkylation sites (tertiary alicyclic amines) is 1. The molecule has 1 saturated carbocycles. The zero-order chi connectivity index (χ0) is 27.5. The zero-order valence-electron chi connectivity index (χ0n) is 22.5. The van der Waals surface area contributed by atoms with E-state index < -0.39 is 0 Å². The molecule has 2 fully saturated rings. The fraction of sp³-hybridized carbons (Fsp3) is 0.333. The first-order chi connectivity index (χ1) is 19.5. The number of fused-ring (bicyclic) bond motifs is 2. The number of para-hydroxylation sites is 2. The maximum absolute atomic E-state index is 14.4. The number of ether oxygens (including phenoxy) is 1. The summed E-state index contributed by atoms with van der Waals surface area (Å²) in [4.78, 5) is 30.2. The van der Waals surface area contributed by atoms with Gasteiger partial charge in [-0.05, 0) is 66.6 Å². The van der Waals surface area contributed by atoms with E-state index in [1.54, 1.807) is 60.7 Å². The molecule has 0 bridgehead atoms. The Morgan fingerprint density at radius 2 is 1.70 bits per heavy atom. The van der Waals surface area contributed by atoms with E-state index in [9.17, 15) is 14.0 Å². The Morgan fingerprint density at radius 1 is 0.950 bits per heavy atom. The van der Waals surface area contributed by atoms with Gasteiger partial charge in [0.05, 0.1) is 18.9 Å². The van der Waals surface area contributed by atoms with Crippen LogP contribution in [0.15, 0.2) is 78.6 Å². The van der Waals surface area contributed by atoms with Crippen LogP contribution in [0.25, 0.3) is 6.08 Å². The molecule has 3 aromatic rings. The van der Waals surface area contributed by atoms with Crippen LogP contribution in [0.2, 0.25) is 0 Å². The number of nitrogens with one attached hydrogen (secondary N) is 1. The average Bonchev–Trinajstić information content (AvgIpc) is 2.99. The highest BCUT2D eigenvalue weighted by Gasteiger charge is 2.32. The van der Waals surface area contributed by atoms with Crippen molar-refractivity contribution in [3.8, 4) is 5.75 Å². The third-order valence-corrected chi connectivity index (χ3v) is 8.43. The van der Waals surface area contributed by atoms with Gasteiger partial charge < -0.3 is 10.1 Å². The van der Waals surface area contributed by atoms with Gasteiger partial charge in [-0.1, -0.05) is 61.7 Å². The number of halogens is 1. The summed E-state index contributed by atoms with van der Waals surface area (Å²) in [6.45, 7) is 2.76. The maximum Gasteiger partial charge on any atom is 0.294 e. The van der Waals surface area contributed by atoms with Crippen LogP contribution in [0, 0.1) is 17.7 Å². The Morgan fingerprint density at radius 3 is 2.52 bits per heavy atom. The number of amides is 2. The van der Waals surface area contributed by atoms with Crippen LogP contribution < -0.4 is 15.0 Å². The SMILES string of the molecule is O=C(NCN1CCC2CCCCC2C1)c1ccc(/C=C2\Oc3ccccc3N(Cc3ccccc3F)C2=O)cc1. The molecule has 1 saturated heterocycles. The van der Waals surface area contributed by atoms with Crippen LogP contribution in [0.4, 0.5) is 10.1 Å². The molecule has 2 atom stereocenters. The van der Waals surface area contributed by atoms with E-state index in [0.717, 1.165) is 30.5 Å². The normalized spacial score (nSPS) is 21.9. The summed E-state index contributed by atoms with van der Waals surface area (Å²) in [5.41, 5.74) is 2.31. The van der Waals surface area contributed by atoms with Crippen molar-refractivity contribution in [1.29, 1.82) is 0 Å². The molecular formula is C33H34FN3O3. The topological polar surface area (TPSA) is 61.9 Å². The predicted octanol–water partition coefficient (Wildman–Crippen LogP) is 5.99. The summed E-state index contributed by atoms with van der Waals surface area (Å²) in [5.74, 6) is 1.47.